The second-order valence-corrected chi connectivity index (χ2v) is 5.54. The molecule has 1 atom stereocenters. The zero-order chi connectivity index (χ0) is 14.6. The van der Waals surface area contributed by atoms with Crippen LogP contribution in [-0.4, -0.2) is 28.3 Å². The lowest BCUT2D eigenvalue weighted by Crippen LogP contribution is -2.62. The van der Waals surface area contributed by atoms with Crippen molar-refractivity contribution in [1.82, 2.24) is 10.9 Å². The van der Waals surface area contributed by atoms with Crippen molar-refractivity contribution in [3.8, 4) is 0 Å². The summed E-state index contributed by atoms with van der Waals surface area (Å²) in [5, 5.41) is 9.29. The van der Waals surface area contributed by atoms with Crippen molar-refractivity contribution in [2.75, 3.05) is 0 Å². The van der Waals surface area contributed by atoms with E-state index in [4.69, 9.17) is 4.74 Å². The van der Waals surface area contributed by atoms with Gasteiger partial charge in [-0.25, -0.2) is 10.2 Å². The van der Waals surface area contributed by atoms with Gasteiger partial charge in [0.1, 0.15) is 11.1 Å². The fraction of sp³-hybridized carbons (Fsp3) is 0.833. The number of ether oxygens (including phenoxy) is 1. The molecule has 0 aliphatic heterocycles. The molecule has 6 heteroatoms. The molecule has 0 radical (unpaired) electrons. The lowest BCUT2D eigenvalue weighted by Gasteiger charge is -2.33. The summed E-state index contributed by atoms with van der Waals surface area (Å²) in [4.78, 5) is 22.8. The number of carbonyl (C=O) groups excluding carboxylic acids is 1. The lowest BCUT2D eigenvalue weighted by atomic mass is 9.85. The number of carbonyl (C=O) groups is 2. The summed E-state index contributed by atoms with van der Waals surface area (Å²) < 4.78 is 5.03. The van der Waals surface area contributed by atoms with Crippen LogP contribution in [0, 0.1) is 5.92 Å². The van der Waals surface area contributed by atoms with E-state index in [-0.39, 0.29) is 5.92 Å². The summed E-state index contributed by atoms with van der Waals surface area (Å²) in [7, 11) is 0. The maximum atomic E-state index is 11.5. The molecule has 0 heterocycles. The van der Waals surface area contributed by atoms with Crippen molar-refractivity contribution < 1.29 is 19.4 Å². The van der Waals surface area contributed by atoms with E-state index < -0.39 is 23.2 Å². The van der Waals surface area contributed by atoms with Gasteiger partial charge >= 0.3 is 12.1 Å². The third-order valence-corrected chi connectivity index (χ3v) is 2.71. The van der Waals surface area contributed by atoms with Gasteiger partial charge < -0.3 is 9.84 Å². The second-order valence-electron chi connectivity index (χ2n) is 5.54. The Hall–Kier alpha value is -1.30. The Bertz CT molecular complexity index is 310. The lowest BCUT2D eigenvalue weighted by molar-refractivity contribution is -0.147. The highest BCUT2D eigenvalue weighted by Gasteiger charge is 2.40. The highest BCUT2D eigenvalue weighted by Crippen LogP contribution is 2.20. The fourth-order valence-electron chi connectivity index (χ4n) is 1.56. The minimum atomic E-state index is -1.20. The zero-order valence-electron chi connectivity index (χ0n) is 12.0. The molecular weight excluding hydrogens is 236 g/mol. The van der Waals surface area contributed by atoms with Gasteiger partial charge in [-0.3, -0.25) is 10.2 Å². The van der Waals surface area contributed by atoms with Crippen molar-refractivity contribution in [2.24, 2.45) is 5.92 Å². The van der Waals surface area contributed by atoms with Crippen molar-refractivity contribution in [3.05, 3.63) is 0 Å². The molecule has 1 amide bonds. The summed E-state index contributed by atoms with van der Waals surface area (Å²) >= 11 is 0. The predicted molar refractivity (Wildman–Crippen MR) is 68.0 cm³/mol. The van der Waals surface area contributed by atoms with E-state index in [1.165, 1.54) is 0 Å². The highest BCUT2D eigenvalue weighted by molar-refractivity contribution is 5.79. The number of hydrazine groups is 1. The highest BCUT2D eigenvalue weighted by atomic mass is 16.6. The largest absolute Gasteiger partial charge is 0.480 e. The molecule has 106 valence electrons. The van der Waals surface area contributed by atoms with Gasteiger partial charge in [-0.2, -0.15) is 0 Å². The summed E-state index contributed by atoms with van der Waals surface area (Å²) in [5.74, 6) is -1.19. The van der Waals surface area contributed by atoms with E-state index in [0.29, 0.717) is 6.42 Å². The molecule has 0 spiro atoms. The standard InChI is InChI=1S/C12H24N2O4/c1-7-12(8(2)3,9(15)16)14-13-10(17)18-11(4,5)6/h8,14H,7H2,1-6H3,(H,13,17)(H,15,16). The van der Waals surface area contributed by atoms with Crippen LogP contribution < -0.4 is 10.9 Å². The van der Waals surface area contributed by atoms with Crippen molar-refractivity contribution in [2.45, 2.75) is 59.1 Å². The van der Waals surface area contributed by atoms with Crippen LogP contribution in [0.4, 0.5) is 4.79 Å². The smallest absolute Gasteiger partial charge is 0.422 e. The normalized spacial score (nSPS) is 15.1. The number of nitrogens with one attached hydrogen (secondary N) is 2. The molecule has 3 N–H and O–H groups in total. The maximum Gasteiger partial charge on any atom is 0.422 e. The van der Waals surface area contributed by atoms with Crippen LogP contribution in [0.25, 0.3) is 0 Å². The van der Waals surface area contributed by atoms with E-state index in [2.05, 4.69) is 10.9 Å². The van der Waals surface area contributed by atoms with Crippen molar-refractivity contribution in [1.29, 1.82) is 0 Å². The van der Waals surface area contributed by atoms with Gasteiger partial charge in [-0.1, -0.05) is 20.8 Å². The Morgan fingerprint density at radius 1 is 1.28 bits per heavy atom. The number of aliphatic carboxylic acids is 1. The van der Waals surface area contributed by atoms with E-state index in [0.717, 1.165) is 0 Å². The Morgan fingerprint density at radius 2 is 1.78 bits per heavy atom. The van der Waals surface area contributed by atoms with Gasteiger partial charge in [0.05, 0.1) is 0 Å². The number of hydrogen-bond acceptors (Lipinski definition) is 4. The van der Waals surface area contributed by atoms with Crippen LogP contribution in [-0.2, 0) is 9.53 Å². The average Bonchev–Trinajstić information content (AvgIpc) is 2.15. The van der Waals surface area contributed by atoms with Crippen LogP contribution in [0.5, 0.6) is 0 Å². The summed E-state index contributed by atoms with van der Waals surface area (Å²) in [6, 6.07) is 0. The van der Waals surface area contributed by atoms with Crippen LogP contribution >= 0.6 is 0 Å². The number of carboxylic acids is 1. The van der Waals surface area contributed by atoms with Gasteiger partial charge in [-0.05, 0) is 33.1 Å². The molecule has 6 nitrogen and oxygen atoms in total. The molecule has 0 aliphatic rings. The van der Waals surface area contributed by atoms with Gasteiger partial charge in [0.15, 0.2) is 0 Å². The summed E-state index contributed by atoms with van der Waals surface area (Å²) in [5.41, 5.74) is 3.06. The zero-order valence-corrected chi connectivity index (χ0v) is 12.0. The topological polar surface area (TPSA) is 87.7 Å². The molecule has 1 unspecified atom stereocenters. The second kappa shape index (κ2) is 6.04. The third kappa shape index (κ3) is 4.52. The molecule has 0 aromatic rings. The number of rotatable bonds is 5. The van der Waals surface area contributed by atoms with Gasteiger partial charge in [0, 0.05) is 0 Å². The molecule has 0 aromatic heterocycles. The minimum Gasteiger partial charge on any atom is -0.480 e. The molecule has 0 bridgehead atoms. The van der Waals surface area contributed by atoms with Crippen LogP contribution in [0.3, 0.4) is 0 Å². The molecule has 0 saturated carbocycles. The fourth-order valence-corrected chi connectivity index (χ4v) is 1.56. The molecule has 0 aliphatic carbocycles. The predicted octanol–water partition coefficient (Wildman–Crippen LogP) is 1.91. The Kier molecular flexibility index (Phi) is 5.60. The Labute approximate surface area is 108 Å². The number of hydrogen-bond donors (Lipinski definition) is 3. The van der Waals surface area contributed by atoms with Crippen molar-refractivity contribution >= 4 is 12.1 Å². The first-order valence-electron chi connectivity index (χ1n) is 6.04. The van der Waals surface area contributed by atoms with Crippen LogP contribution in [0.15, 0.2) is 0 Å². The maximum absolute atomic E-state index is 11.5. The van der Waals surface area contributed by atoms with E-state index >= 15 is 0 Å². The van der Waals surface area contributed by atoms with Gasteiger partial charge in [-0.15, -0.1) is 0 Å². The average molecular weight is 260 g/mol. The first-order valence-corrected chi connectivity index (χ1v) is 6.04. The Morgan fingerprint density at radius 3 is 2.06 bits per heavy atom. The van der Waals surface area contributed by atoms with Gasteiger partial charge in [0.25, 0.3) is 0 Å². The molecule has 0 fully saturated rings. The van der Waals surface area contributed by atoms with E-state index in [1.807, 2.05) is 0 Å². The van der Waals surface area contributed by atoms with Crippen LogP contribution in [0.1, 0.15) is 48.0 Å². The number of amides is 1. The SMILES string of the molecule is CCC(NNC(=O)OC(C)(C)C)(C(=O)O)C(C)C. The van der Waals surface area contributed by atoms with Gasteiger partial charge in [0.2, 0.25) is 0 Å². The number of carboxylic acid groups (broad SMARTS) is 1. The monoisotopic (exact) mass is 260 g/mol. The first-order chi connectivity index (χ1) is 8.05. The minimum absolute atomic E-state index is 0.185. The molecule has 0 saturated heterocycles. The Balaban J connectivity index is 4.64. The molecular formula is C12H24N2O4. The molecule has 18 heavy (non-hydrogen) atoms. The van der Waals surface area contributed by atoms with E-state index in [1.54, 1.807) is 41.5 Å². The molecule has 0 aromatic carbocycles. The molecule has 0 rings (SSSR count). The first kappa shape index (κ1) is 16.7. The van der Waals surface area contributed by atoms with Crippen molar-refractivity contribution in [3.63, 3.8) is 0 Å². The summed E-state index contributed by atoms with van der Waals surface area (Å²) in [6.45, 7) is 10.5. The summed E-state index contributed by atoms with van der Waals surface area (Å²) in [6.07, 6.45) is -0.349. The van der Waals surface area contributed by atoms with Crippen LogP contribution in [0.2, 0.25) is 0 Å². The quantitative estimate of drug-likeness (QED) is 0.657. The van der Waals surface area contributed by atoms with E-state index in [9.17, 15) is 14.7 Å². The third-order valence-electron chi connectivity index (χ3n) is 2.71.